The Morgan fingerprint density at radius 1 is 1.34 bits per heavy atom. The zero-order valence-corrected chi connectivity index (χ0v) is 16.7. The van der Waals surface area contributed by atoms with Crippen LogP contribution in [0.4, 0.5) is 9.52 Å². The summed E-state index contributed by atoms with van der Waals surface area (Å²) in [5.74, 6) is 0.144. The van der Waals surface area contributed by atoms with Crippen molar-refractivity contribution >= 4 is 28.3 Å². The van der Waals surface area contributed by atoms with E-state index >= 15 is 0 Å². The fraction of sp³-hybridized carbons (Fsp3) is 0.300. The molecule has 150 valence electrons. The van der Waals surface area contributed by atoms with Crippen LogP contribution in [0.3, 0.4) is 0 Å². The molecule has 1 aromatic carbocycles. The van der Waals surface area contributed by atoms with E-state index in [0.717, 1.165) is 12.0 Å². The molecule has 2 aromatic heterocycles. The van der Waals surface area contributed by atoms with Gasteiger partial charge in [-0.3, -0.25) is 14.5 Å². The van der Waals surface area contributed by atoms with Crippen LogP contribution in [0.15, 0.2) is 42.0 Å². The molecular weight excluding hydrogens is 393 g/mol. The van der Waals surface area contributed by atoms with Crippen LogP contribution in [0.5, 0.6) is 0 Å². The summed E-state index contributed by atoms with van der Waals surface area (Å²) in [5, 5.41) is 5.41. The number of nitrogens with one attached hydrogen (secondary N) is 1. The Hall–Kier alpha value is -3.07. The molecule has 9 heteroatoms. The fourth-order valence-electron chi connectivity index (χ4n) is 3.34. The summed E-state index contributed by atoms with van der Waals surface area (Å²) in [6.07, 6.45) is 4.89. The summed E-state index contributed by atoms with van der Waals surface area (Å²) < 4.78 is 15.2. The Labute approximate surface area is 171 Å². The van der Waals surface area contributed by atoms with Gasteiger partial charge in [0.05, 0.1) is 12.1 Å². The van der Waals surface area contributed by atoms with Crippen LogP contribution < -0.4 is 10.2 Å². The molecule has 0 aliphatic carbocycles. The van der Waals surface area contributed by atoms with E-state index in [1.807, 2.05) is 11.6 Å². The molecule has 1 atom stereocenters. The number of carbonyl (C=O) groups excluding carboxylic acids is 2. The zero-order valence-electron chi connectivity index (χ0n) is 15.8. The van der Waals surface area contributed by atoms with Gasteiger partial charge < -0.3 is 9.88 Å². The highest BCUT2D eigenvalue weighted by atomic mass is 32.1. The van der Waals surface area contributed by atoms with Crippen LogP contribution in [0.2, 0.25) is 0 Å². The lowest BCUT2D eigenvalue weighted by molar-refractivity contribution is -0.121. The van der Waals surface area contributed by atoms with E-state index in [9.17, 15) is 14.0 Å². The number of thiazole rings is 1. The van der Waals surface area contributed by atoms with E-state index in [1.165, 1.54) is 23.5 Å². The average molecular weight is 413 g/mol. The smallest absolute Gasteiger partial charge is 0.228 e. The molecule has 0 radical (unpaired) electrons. The van der Waals surface area contributed by atoms with Gasteiger partial charge in [0.15, 0.2) is 5.13 Å². The quantitative estimate of drug-likeness (QED) is 0.674. The molecule has 1 saturated heterocycles. The van der Waals surface area contributed by atoms with Gasteiger partial charge in [0, 0.05) is 37.8 Å². The van der Waals surface area contributed by atoms with E-state index in [4.69, 9.17) is 0 Å². The number of hydrogen-bond acceptors (Lipinski definition) is 5. The predicted octanol–water partition coefficient (Wildman–Crippen LogP) is 2.59. The van der Waals surface area contributed by atoms with Crippen molar-refractivity contribution in [3.8, 4) is 0 Å². The maximum absolute atomic E-state index is 13.3. The van der Waals surface area contributed by atoms with Crippen LogP contribution in [0, 0.1) is 5.82 Å². The van der Waals surface area contributed by atoms with Crippen LogP contribution in [0.1, 0.15) is 36.0 Å². The molecule has 3 heterocycles. The lowest BCUT2D eigenvalue weighted by Gasteiger charge is -2.19. The Bertz CT molecular complexity index is 1030. The molecule has 1 aliphatic rings. The van der Waals surface area contributed by atoms with E-state index in [0.29, 0.717) is 29.6 Å². The highest BCUT2D eigenvalue weighted by molar-refractivity contribution is 7.14. The molecule has 0 unspecified atom stereocenters. The Balaban J connectivity index is 1.50. The first-order chi connectivity index (χ1) is 14.0. The lowest BCUT2D eigenvalue weighted by Crippen LogP contribution is -2.32. The summed E-state index contributed by atoms with van der Waals surface area (Å²) >= 11 is 1.37. The van der Waals surface area contributed by atoms with Crippen molar-refractivity contribution < 1.29 is 14.0 Å². The van der Waals surface area contributed by atoms with Crippen LogP contribution >= 0.6 is 11.3 Å². The third-order valence-corrected chi connectivity index (χ3v) is 5.72. The molecule has 1 aliphatic heterocycles. The second kappa shape index (κ2) is 8.12. The molecule has 1 N–H and O–H groups in total. The van der Waals surface area contributed by atoms with E-state index < -0.39 is 6.04 Å². The molecule has 0 saturated carbocycles. The van der Waals surface area contributed by atoms with Crippen molar-refractivity contribution in [2.75, 3.05) is 11.4 Å². The van der Waals surface area contributed by atoms with Crippen molar-refractivity contribution in [2.24, 2.45) is 7.05 Å². The fourth-order valence-corrected chi connectivity index (χ4v) is 4.20. The second-order valence-corrected chi connectivity index (χ2v) is 7.73. The number of imidazole rings is 1. The van der Waals surface area contributed by atoms with Gasteiger partial charge in [0.2, 0.25) is 11.8 Å². The Morgan fingerprint density at radius 3 is 2.79 bits per heavy atom. The summed E-state index contributed by atoms with van der Waals surface area (Å²) in [5.41, 5.74) is 1.34. The predicted molar refractivity (Wildman–Crippen MR) is 107 cm³/mol. The van der Waals surface area contributed by atoms with Crippen molar-refractivity contribution in [2.45, 2.75) is 25.3 Å². The number of aromatic nitrogens is 3. The minimum Gasteiger partial charge on any atom is -0.342 e. The molecule has 0 spiro atoms. The third-order valence-electron chi connectivity index (χ3n) is 4.81. The number of anilines is 1. The van der Waals surface area contributed by atoms with Crippen LogP contribution in [0.25, 0.3) is 0 Å². The maximum Gasteiger partial charge on any atom is 0.228 e. The monoisotopic (exact) mass is 413 g/mol. The van der Waals surface area contributed by atoms with Crippen molar-refractivity contribution in [3.05, 3.63) is 64.9 Å². The van der Waals surface area contributed by atoms with E-state index in [2.05, 4.69) is 15.3 Å². The number of benzene rings is 1. The van der Waals surface area contributed by atoms with Gasteiger partial charge in [-0.15, -0.1) is 11.3 Å². The summed E-state index contributed by atoms with van der Waals surface area (Å²) in [7, 11) is 1.84. The van der Waals surface area contributed by atoms with Gasteiger partial charge in [0.1, 0.15) is 17.7 Å². The van der Waals surface area contributed by atoms with Crippen molar-refractivity contribution in [3.63, 3.8) is 0 Å². The summed E-state index contributed by atoms with van der Waals surface area (Å²) in [6, 6.07) is 5.47. The van der Waals surface area contributed by atoms with E-state index in [1.54, 1.807) is 34.8 Å². The first-order valence-corrected chi connectivity index (χ1v) is 10.2. The topological polar surface area (TPSA) is 80.1 Å². The Morgan fingerprint density at radius 2 is 2.14 bits per heavy atom. The molecular formula is C20H20FN5O2S. The van der Waals surface area contributed by atoms with Gasteiger partial charge in [0.25, 0.3) is 0 Å². The average Bonchev–Trinajstić information content (AvgIpc) is 3.42. The zero-order chi connectivity index (χ0) is 20.4. The number of amides is 2. The molecule has 3 aromatic rings. The maximum atomic E-state index is 13.3. The molecule has 4 rings (SSSR count). The second-order valence-electron chi connectivity index (χ2n) is 6.90. The van der Waals surface area contributed by atoms with Crippen molar-refractivity contribution in [1.29, 1.82) is 0 Å². The standard InChI is InChI=1S/C20H20FN5O2S/c1-25-10-8-22-19(25)18(13-4-6-14(21)7-5-13)24-16(27)11-15-12-29-20(23-15)26-9-2-3-17(26)28/h4-8,10,12,18H,2-3,9,11H2,1H3,(H,24,27)/t18-/m1/s1. The lowest BCUT2D eigenvalue weighted by atomic mass is 10.1. The molecule has 2 amide bonds. The van der Waals surface area contributed by atoms with Gasteiger partial charge in [-0.1, -0.05) is 12.1 Å². The van der Waals surface area contributed by atoms with Crippen LogP contribution in [-0.2, 0) is 23.1 Å². The van der Waals surface area contributed by atoms with Gasteiger partial charge in [-0.25, -0.2) is 14.4 Å². The minimum absolute atomic E-state index is 0.0708. The molecule has 7 nitrogen and oxygen atoms in total. The normalized spacial score (nSPS) is 15.0. The minimum atomic E-state index is -0.513. The number of aryl methyl sites for hydroxylation is 1. The largest absolute Gasteiger partial charge is 0.342 e. The SMILES string of the molecule is Cn1ccnc1[C@H](NC(=O)Cc1csc(N2CCCC2=O)n1)c1ccc(F)cc1. The summed E-state index contributed by atoms with van der Waals surface area (Å²) in [4.78, 5) is 35.1. The molecule has 0 bridgehead atoms. The first-order valence-electron chi connectivity index (χ1n) is 9.28. The van der Waals surface area contributed by atoms with E-state index in [-0.39, 0.29) is 24.1 Å². The first kappa shape index (κ1) is 19.3. The molecule has 1 fully saturated rings. The Kier molecular flexibility index (Phi) is 5.39. The van der Waals surface area contributed by atoms with Gasteiger partial charge >= 0.3 is 0 Å². The number of nitrogens with zero attached hydrogens (tertiary/aromatic N) is 4. The number of hydrogen-bond donors (Lipinski definition) is 1. The number of halogens is 1. The van der Waals surface area contributed by atoms with Crippen molar-refractivity contribution in [1.82, 2.24) is 19.9 Å². The highest BCUT2D eigenvalue weighted by Gasteiger charge is 2.25. The number of rotatable bonds is 6. The summed E-state index contributed by atoms with van der Waals surface area (Å²) in [6.45, 7) is 0.670. The van der Waals surface area contributed by atoms with Gasteiger partial charge in [-0.05, 0) is 24.1 Å². The highest BCUT2D eigenvalue weighted by Crippen LogP contribution is 2.26. The number of carbonyl (C=O) groups is 2. The molecule has 29 heavy (non-hydrogen) atoms. The third kappa shape index (κ3) is 4.19. The van der Waals surface area contributed by atoms with Gasteiger partial charge in [-0.2, -0.15) is 0 Å². The van der Waals surface area contributed by atoms with Crippen LogP contribution in [-0.4, -0.2) is 32.9 Å².